The van der Waals surface area contributed by atoms with Gasteiger partial charge in [0, 0.05) is 18.8 Å². The molecule has 4 heteroatoms. The number of nitrogens with zero attached hydrogens (tertiary/aromatic N) is 3. The topological polar surface area (TPSA) is 52.0 Å². The molecule has 1 unspecified atom stereocenters. The van der Waals surface area contributed by atoms with E-state index in [1.54, 1.807) is 0 Å². The quantitative estimate of drug-likeness (QED) is 0.877. The van der Waals surface area contributed by atoms with Crippen LogP contribution in [0.2, 0.25) is 0 Å². The Morgan fingerprint density at radius 3 is 3.00 bits per heavy atom. The highest BCUT2D eigenvalue weighted by Gasteiger charge is 2.25. The van der Waals surface area contributed by atoms with Gasteiger partial charge in [-0.15, -0.1) is 0 Å². The summed E-state index contributed by atoms with van der Waals surface area (Å²) in [4.78, 5) is 6.81. The average molecular weight is 244 g/mol. The molecule has 0 aromatic carbocycles. The maximum Gasteiger partial charge on any atom is 0.147 e. The second-order valence-corrected chi connectivity index (χ2v) is 5.05. The average Bonchev–Trinajstić information content (AvgIpc) is 2.77. The van der Waals surface area contributed by atoms with E-state index in [1.165, 1.54) is 6.42 Å². The molecular weight excluding hydrogens is 224 g/mol. The monoisotopic (exact) mass is 244 g/mol. The van der Waals surface area contributed by atoms with Crippen LogP contribution in [-0.4, -0.2) is 31.7 Å². The van der Waals surface area contributed by atoms with Crippen LogP contribution in [0.25, 0.3) is 0 Å². The van der Waals surface area contributed by atoms with Gasteiger partial charge in [-0.3, -0.25) is 0 Å². The van der Waals surface area contributed by atoms with Crippen LogP contribution in [-0.2, 0) is 0 Å². The molecule has 0 bridgehead atoms. The lowest BCUT2D eigenvalue weighted by molar-refractivity contribution is 0.549. The molecule has 2 rings (SSSR count). The zero-order chi connectivity index (χ0) is 13.1. The van der Waals surface area contributed by atoms with Crippen LogP contribution in [0.5, 0.6) is 0 Å². The Labute approximate surface area is 109 Å². The van der Waals surface area contributed by atoms with Crippen molar-refractivity contribution in [3.05, 3.63) is 22.9 Å². The molecule has 1 aliphatic rings. The minimum atomic E-state index is 0.657. The summed E-state index contributed by atoms with van der Waals surface area (Å²) in [6, 6.07) is 4.27. The van der Waals surface area contributed by atoms with Gasteiger partial charge in [-0.1, -0.05) is 0 Å². The number of pyridine rings is 1. The molecule has 1 N–H and O–H groups in total. The molecule has 0 amide bonds. The molecule has 1 fully saturated rings. The highest BCUT2D eigenvalue weighted by molar-refractivity contribution is 5.58. The zero-order valence-electron chi connectivity index (χ0n) is 11.3. The number of aromatic nitrogens is 1. The van der Waals surface area contributed by atoms with Crippen LogP contribution in [0.4, 0.5) is 5.82 Å². The molecule has 0 aliphatic carbocycles. The van der Waals surface area contributed by atoms with Gasteiger partial charge in [0.05, 0.1) is 5.56 Å². The lowest BCUT2D eigenvalue weighted by Crippen LogP contribution is -2.26. The summed E-state index contributed by atoms with van der Waals surface area (Å²) in [6.45, 7) is 6.99. The fraction of sp³-hybridized carbons (Fsp3) is 0.571. The van der Waals surface area contributed by atoms with Gasteiger partial charge in [0.1, 0.15) is 11.9 Å². The van der Waals surface area contributed by atoms with Crippen LogP contribution in [0.1, 0.15) is 23.2 Å². The fourth-order valence-corrected chi connectivity index (χ4v) is 2.66. The van der Waals surface area contributed by atoms with Crippen molar-refractivity contribution in [3.63, 3.8) is 0 Å². The van der Waals surface area contributed by atoms with Gasteiger partial charge < -0.3 is 10.2 Å². The van der Waals surface area contributed by atoms with Crippen molar-refractivity contribution in [3.8, 4) is 6.07 Å². The van der Waals surface area contributed by atoms with Crippen LogP contribution >= 0.6 is 0 Å². The van der Waals surface area contributed by atoms with Gasteiger partial charge in [0.25, 0.3) is 0 Å². The largest absolute Gasteiger partial charge is 0.355 e. The Morgan fingerprint density at radius 1 is 1.56 bits per heavy atom. The molecule has 1 aromatic heterocycles. The lowest BCUT2D eigenvalue weighted by atomic mass is 10.1. The van der Waals surface area contributed by atoms with E-state index in [4.69, 9.17) is 0 Å². The zero-order valence-corrected chi connectivity index (χ0v) is 11.3. The van der Waals surface area contributed by atoms with Gasteiger partial charge in [0.2, 0.25) is 0 Å². The highest BCUT2D eigenvalue weighted by atomic mass is 15.2. The van der Waals surface area contributed by atoms with E-state index >= 15 is 0 Å². The molecule has 1 saturated heterocycles. The molecule has 0 radical (unpaired) electrons. The number of rotatable bonds is 3. The van der Waals surface area contributed by atoms with Crippen molar-refractivity contribution in [2.24, 2.45) is 5.92 Å². The normalized spacial score (nSPS) is 19.0. The first-order chi connectivity index (χ1) is 8.65. The van der Waals surface area contributed by atoms with Crippen molar-refractivity contribution in [1.82, 2.24) is 10.3 Å². The van der Waals surface area contributed by atoms with Crippen molar-refractivity contribution < 1.29 is 0 Å². The molecule has 0 spiro atoms. The van der Waals surface area contributed by atoms with Crippen LogP contribution < -0.4 is 10.2 Å². The number of hydrogen-bond donors (Lipinski definition) is 1. The maximum atomic E-state index is 9.29. The van der Waals surface area contributed by atoms with Gasteiger partial charge in [0.15, 0.2) is 0 Å². The maximum absolute atomic E-state index is 9.29. The minimum absolute atomic E-state index is 0.657. The number of anilines is 1. The summed E-state index contributed by atoms with van der Waals surface area (Å²) in [5.74, 6) is 1.53. The van der Waals surface area contributed by atoms with E-state index in [9.17, 15) is 5.26 Å². The highest BCUT2D eigenvalue weighted by Crippen LogP contribution is 2.27. The fourth-order valence-electron chi connectivity index (χ4n) is 2.66. The second-order valence-electron chi connectivity index (χ2n) is 5.05. The lowest BCUT2D eigenvalue weighted by Gasteiger charge is -2.20. The third-order valence-corrected chi connectivity index (χ3v) is 3.52. The molecule has 1 atom stereocenters. The first-order valence-corrected chi connectivity index (χ1v) is 6.43. The molecule has 2 heterocycles. The second kappa shape index (κ2) is 5.36. The van der Waals surface area contributed by atoms with Crippen molar-refractivity contribution in [2.75, 3.05) is 31.6 Å². The van der Waals surface area contributed by atoms with Crippen LogP contribution in [0.15, 0.2) is 6.07 Å². The SMILES string of the molecule is CNCC1CCN(c2nc(C)cc(C)c2C#N)C1. The molecule has 4 nitrogen and oxygen atoms in total. The van der Waals surface area contributed by atoms with E-state index in [1.807, 2.05) is 27.0 Å². The van der Waals surface area contributed by atoms with Gasteiger partial charge >= 0.3 is 0 Å². The van der Waals surface area contributed by atoms with Crippen LogP contribution in [0.3, 0.4) is 0 Å². The molecule has 1 aromatic rings. The van der Waals surface area contributed by atoms with Crippen molar-refractivity contribution in [2.45, 2.75) is 20.3 Å². The third-order valence-electron chi connectivity index (χ3n) is 3.52. The first-order valence-electron chi connectivity index (χ1n) is 6.43. The molecule has 18 heavy (non-hydrogen) atoms. The smallest absolute Gasteiger partial charge is 0.147 e. The van der Waals surface area contributed by atoms with E-state index in [0.717, 1.165) is 42.3 Å². The summed E-state index contributed by atoms with van der Waals surface area (Å²) in [7, 11) is 1.98. The van der Waals surface area contributed by atoms with Crippen molar-refractivity contribution in [1.29, 1.82) is 5.26 Å². The van der Waals surface area contributed by atoms with E-state index in [2.05, 4.69) is 21.3 Å². The van der Waals surface area contributed by atoms with Gasteiger partial charge in [-0.05, 0) is 51.4 Å². The Morgan fingerprint density at radius 2 is 2.33 bits per heavy atom. The number of nitrogens with one attached hydrogen (secondary N) is 1. The number of aryl methyl sites for hydroxylation is 2. The van der Waals surface area contributed by atoms with Gasteiger partial charge in [-0.25, -0.2) is 4.98 Å². The molecule has 1 aliphatic heterocycles. The summed E-state index contributed by atoms with van der Waals surface area (Å²) in [6.07, 6.45) is 1.17. The first kappa shape index (κ1) is 12.8. The third kappa shape index (κ3) is 2.46. The predicted octanol–water partition coefficient (Wildman–Crippen LogP) is 1.62. The Hall–Kier alpha value is -1.60. The van der Waals surface area contributed by atoms with E-state index in [0.29, 0.717) is 5.92 Å². The van der Waals surface area contributed by atoms with E-state index < -0.39 is 0 Å². The van der Waals surface area contributed by atoms with Crippen molar-refractivity contribution >= 4 is 5.82 Å². The molecular formula is C14H20N4. The summed E-state index contributed by atoms with van der Waals surface area (Å²) in [5, 5.41) is 12.5. The predicted molar refractivity (Wildman–Crippen MR) is 72.7 cm³/mol. The molecule has 0 saturated carbocycles. The summed E-state index contributed by atoms with van der Waals surface area (Å²) in [5.41, 5.74) is 2.74. The van der Waals surface area contributed by atoms with E-state index in [-0.39, 0.29) is 0 Å². The summed E-state index contributed by atoms with van der Waals surface area (Å²) >= 11 is 0. The number of nitriles is 1. The summed E-state index contributed by atoms with van der Waals surface area (Å²) < 4.78 is 0. The van der Waals surface area contributed by atoms with Crippen LogP contribution in [0, 0.1) is 31.1 Å². The Kier molecular flexibility index (Phi) is 3.83. The molecule has 96 valence electrons. The Bertz CT molecular complexity index is 475. The minimum Gasteiger partial charge on any atom is -0.355 e. The number of hydrogen-bond acceptors (Lipinski definition) is 4. The van der Waals surface area contributed by atoms with Gasteiger partial charge in [-0.2, -0.15) is 5.26 Å². The standard InChI is InChI=1S/C14H20N4/c1-10-6-11(2)17-14(13(10)7-15)18-5-4-12(9-18)8-16-3/h6,12,16H,4-5,8-9H2,1-3H3. The Balaban J connectivity index is 2.27.